The lowest BCUT2D eigenvalue weighted by atomic mass is 10.1. The number of hydrogen-bond acceptors (Lipinski definition) is 4. The van der Waals surface area contributed by atoms with E-state index in [2.05, 4.69) is 0 Å². The molecule has 1 aromatic rings. The van der Waals surface area contributed by atoms with Gasteiger partial charge < -0.3 is 4.74 Å². The Balaban J connectivity index is 2.70. The van der Waals surface area contributed by atoms with Crippen LogP contribution in [0.4, 0.5) is 0 Å². The molecule has 1 unspecified atom stereocenters. The van der Waals surface area contributed by atoms with Crippen molar-refractivity contribution in [3.63, 3.8) is 0 Å². The molecule has 0 aliphatic heterocycles. The Morgan fingerprint density at radius 1 is 1.26 bits per heavy atom. The Kier molecular flexibility index (Phi) is 6.95. The van der Waals surface area contributed by atoms with Crippen molar-refractivity contribution in [3.05, 3.63) is 29.8 Å². The van der Waals surface area contributed by atoms with E-state index in [1.165, 1.54) is 11.8 Å². The highest BCUT2D eigenvalue weighted by atomic mass is 35.5. The third-order valence-electron chi connectivity index (χ3n) is 2.50. The largest absolute Gasteiger partial charge is 0.465 e. The normalized spacial score (nSPS) is 11.9. The topological polar surface area (TPSA) is 43.4 Å². The third kappa shape index (κ3) is 4.88. The summed E-state index contributed by atoms with van der Waals surface area (Å²) >= 11 is 6.94. The van der Waals surface area contributed by atoms with Crippen LogP contribution in [0.3, 0.4) is 0 Å². The van der Waals surface area contributed by atoms with Crippen molar-refractivity contribution >= 4 is 35.1 Å². The summed E-state index contributed by atoms with van der Waals surface area (Å²) in [6.07, 6.45) is 0.700. The first-order valence-corrected chi connectivity index (χ1v) is 7.56. The predicted molar refractivity (Wildman–Crippen MR) is 78.1 cm³/mol. The number of benzene rings is 1. The zero-order valence-corrected chi connectivity index (χ0v) is 12.6. The minimum atomic E-state index is -0.213. The van der Waals surface area contributed by atoms with Crippen LogP contribution in [0.25, 0.3) is 0 Å². The molecule has 0 fully saturated rings. The molecule has 0 spiro atoms. The van der Waals surface area contributed by atoms with Crippen LogP contribution in [0.1, 0.15) is 30.6 Å². The summed E-state index contributed by atoms with van der Waals surface area (Å²) in [5, 5.41) is -0.213. The number of alkyl halides is 1. The van der Waals surface area contributed by atoms with Gasteiger partial charge in [-0.1, -0.05) is 19.1 Å². The molecular weight excluding hydrogens is 284 g/mol. The number of halogens is 1. The Bertz CT molecular complexity index is 431. The van der Waals surface area contributed by atoms with Crippen molar-refractivity contribution in [1.82, 2.24) is 0 Å². The number of Topliss-reactive ketones (excluding diaryl/α,β-unsaturated/α-hetero) is 1. The minimum Gasteiger partial charge on any atom is -0.465 e. The maximum Gasteiger partial charge on any atom is 0.319 e. The highest BCUT2D eigenvalue weighted by molar-refractivity contribution is 8.00. The molecule has 0 aliphatic carbocycles. The number of carbonyl (C=O) groups excluding carboxylic acids is 2. The zero-order chi connectivity index (χ0) is 14.3. The fourth-order valence-electron chi connectivity index (χ4n) is 1.49. The number of hydrogen-bond donors (Lipinski definition) is 0. The highest BCUT2D eigenvalue weighted by Crippen LogP contribution is 2.26. The van der Waals surface area contributed by atoms with Gasteiger partial charge in [-0.3, -0.25) is 9.59 Å². The molecule has 0 heterocycles. The fourth-order valence-corrected chi connectivity index (χ4v) is 2.60. The monoisotopic (exact) mass is 300 g/mol. The molecule has 0 amide bonds. The van der Waals surface area contributed by atoms with Gasteiger partial charge in [0, 0.05) is 10.5 Å². The predicted octanol–water partition coefficient (Wildman–Crippen LogP) is 3.54. The van der Waals surface area contributed by atoms with Crippen molar-refractivity contribution in [2.24, 2.45) is 0 Å². The lowest BCUT2D eigenvalue weighted by Crippen LogP contribution is -2.19. The van der Waals surface area contributed by atoms with E-state index in [0.29, 0.717) is 18.6 Å². The van der Waals surface area contributed by atoms with Crippen molar-refractivity contribution in [2.45, 2.75) is 30.4 Å². The van der Waals surface area contributed by atoms with Crippen molar-refractivity contribution in [2.75, 3.05) is 12.5 Å². The standard InChI is InChI=1S/C14H17ClO3S/c1-3-13(14(17)18-4-2)19-11-7-5-10(6-8-11)12(16)9-15/h5-8,13H,3-4,9H2,1-2H3. The lowest BCUT2D eigenvalue weighted by Gasteiger charge is -2.13. The van der Waals surface area contributed by atoms with E-state index in [0.717, 1.165) is 4.90 Å². The number of thioether (sulfide) groups is 1. The molecule has 3 nitrogen and oxygen atoms in total. The summed E-state index contributed by atoms with van der Waals surface area (Å²) in [6.45, 7) is 4.13. The molecule has 0 N–H and O–H groups in total. The molecule has 0 aromatic heterocycles. The van der Waals surface area contributed by atoms with Gasteiger partial charge in [0.2, 0.25) is 0 Å². The molecule has 1 atom stereocenters. The van der Waals surface area contributed by atoms with Gasteiger partial charge in [0.15, 0.2) is 5.78 Å². The summed E-state index contributed by atoms with van der Waals surface area (Å²) in [4.78, 5) is 24.0. The third-order valence-corrected chi connectivity index (χ3v) is 4.09. The maximum absolute atomic E-state index is 11.7. The van der Waals surface area contributed by atoms with Crippen molar-refractivity contribution in [3.8, 4) is 0 Å². The first kappa shape index (κ1) is 16.1. The van der Waals surface area contributed by atoms with Crippen LogP contribution < -0.4 is 0 Å². The van der Waals surface area contributed by atoms with E-state index in [4.69, 9.17) is 16.3 Å². The molecule has 104 valence electrons. The molecule has 19 heavy (non-hydrogen) atoms. The Hall–Kier alpha value is -1.00. The van der Waals surface area contributed by atoms with Crippen LogP contribution in [0.2, 0.25) is 0 Å². The molecule has 5 heteroatoms. The quantitative estimate of drug-likeness (QED) is 0.334. The van der Waals surface area contributed by atoms with Gasteiger partial charge in [0.1, 0.15) is 5.25 Å². The smallest absolute Gasteiger partial charge is 0.319 e. The summed E-state index contributed by atoms with van der Waals surface area (Å²) in [5.41, 5.74) is 0.587. The molecular formula is C14H17ClO3S. The summed E-state index contributed by atoms with van der Waals surface area (Å²) in [5.74, 6) is -0.320. The summed E-state index contributed by atoms with van der Waals surface area (Å²) in [6, 6.07) is 7.11. The maximum atomic E-state index is 11.7. The van der Waals surface area contributed by atoms with Gasteiger partial charge in [-0.15, -0.1) is 23.4 Å². The SMILES string of the molecule is CCOC(=O)C(CC)Sc1ccc(C(=O)CCl)cc1. The van der Waals surface area contributed by atoms with Gasteiger partial charge in [-0.05, 0) is 25.5 Å². The van der Waals surface area contributed by atoms with Crippen LogP contribution in [-0.2, 0) is 9.53 Å². The minimum absolute atomic E-state index is 0.0209. The highest BCUT2D eigenvalue weighted by Gasteiger charge is 2.19. The number of esters is 1. The van der Waals surface area contributed by atoms with E-state index in [1.807, 2.05) is 19.1 Å². The zero-order valence-electron chi connectivity index (χ0n) is 11.0. The van der Waals surface area contributed by atoms with Crippen molar-refractivity contribution < 1.29 is 14.3 Å². The van der Waals surface area contributed by atoms with Gasteiger partial charge in [-0.2, -0.15) is 0 Å². The molecule has 0 aliphatic rings. The number of ether oxygens (including phenoxy) is 1. The fraction of sp³-hybridized carbons (Fsp3) is 0.429. The average Bonchev–Trinajstić information content (AvgIpc) is 2.44. The Labute approximate surface area is 122 Å². The van der Waals surface area contributed by atoms with Crippen LogP contribution in [0.15, 0.2) is 29.2 Å². The summed E-state index contributed by atoms with van der Waals surface area (Å²) in [7, 11) is 0. The van der Waals surface area contributed by atoms with E-state index in [1.54, 1.807) is 19.1 Å². The van der Waals surface area contributed by atoms with Gasteiger partial charge in [0.05, 0.1) is 12.5 Å². The van der Waals surface area contributed by atoms with E-state index >= 15 is 0 Å². The summed E-state index contributed by atoms with van der Waals surface area (Å²) < 4.78 is 5.02. The second-order valence-corrected chi connectivity index (χ2v) is 5.39. The molecule has 0 saturated carbocycles. The van der Waals surface area contributed by atoms with Gasteiger partial charge >= 0.3 is 5.97 Å². The second kappa shape index (κ2) is 8.23. The van der Waals surface area contributed by atoms with Crippen LogP contribution >= 0.6 is 23.4 Å². The van der Waals surface area contributed by atoms with E-state index in [-0.39, 0.29) is 22.9 Å². The number of rotatable bonds is 7. The van der Waals surface area contributed by atoms with E-state index in [9.17, 15) is 9.59 Å². The number of ketones is 1. The number of carbonyl (C=O) groups is 2. The van der Waals surface area contributed by atoms with Crippen LogP contribution in [0, 0.1) is 0 Å². The first-order chi connectivity index (χ1) is 9.12. The lowest BCUT2D eigenvalue weighted by molar-refractivity contribution is -0.142. The Morgan fingerprint density at radius 3 is 2.37 bits per heavy atom. The molecule has 0 bridgehead atoms. The van der Waals surface area contributed by atoms with Crippen LogP contribution in [-0.4, -0.2) is 29.5 Å². The van der Waals surface area contributed by atoms with Crippen molar-refractivity contribution in [1.29, 1.82) is 0 Å². The van der Waals surface area contributed by atoms with E-state index < -0.39 is 0 Å². The molecule has 1 rings (SSSR count). The molecule has 0 radical (unpaired) electrons. The average molecular weight is 301 g/mol. The second-order valence-electron chi connectivity index (χ2n) is 3.85. The molecule has 0 saturated heterocycles. The Morgan fingerprint density at radius 2 is 1.89 bits per heavy atom. The van der Waals surface area contributed by atoms with Gasteiger partial charge in [0.25, 0.3) is 0 Å². The van der Waals surface area contributed by atoms with Crippen LogP contribution in [0.5, 0.6) is 0 Å². The molecule has 1 aromatic carbocycles. The first-order valence-electron chi connectivity index (χ1n) is 6.14. The van der Waals surface area contributed by atoms with Gasteiger partial charge in [-0.25, -0.2) is 0 Å².